The van der Waals surface area contributed by atoms with Crippen molar-refractivity contribution < 1.29 is 9.63 Å². The van der Waals surface area contributed by atoms with E-state index in [9.17, 15) is 0 Å². The van der Waals surface area contributed by atoms with Crippen LogP contribution in [-0.4, -0.2) is 15.2 Å². The first-order chi connectivity index (χ1) is 7.20. The Labute approximate surface area is 90.5 Å². The van der Waals surface area contributed by atoms with Crippen LogP contribution in [-0.2, 0) is 6.54 Å². The van der Waals surface area contributed by atoms with Crippen LogP contribution in [0.1, 0.15) is 5.89 Å². The molecule has 0 saturated heterocycles. The van der Waals surface area contributed by atoms with Crippen LogP contribution in [0.25, 0.3) is 11.4 Å². The van der Waals surface area contributed by atoms with E-state index in [-0.39, 0.29) is 12.3 Å². The van der Waals surface area contributed by atoms with Crippen molar-refractivity contribution in [1.82, 2.24) is 10.1 Å². The molecule has 0 bridgehead atoms. The zero-order valence-electron chi connectivity index (χ0n) is 7.64. The predicted octanol–water partition coefficient (Wildman–Crippen LogP) is 1.55. The predicted molar refractivity (Wildman–Crippen MR) is 54.3 cm³/mol. The fourth-order valence-electron chi connectivity index (χ4n) is 1.13. The van der Waals surface area contributed by atoms with Gasteiger partial charge in [-0.3, -0.25) is 0 Å². The Morgan fingerprint density at radius 1 is 1.47 bits per heavy atom. The van der Waals surface area contributed by atoms with E-state index in [1.165, 1.54) is 12.1 Å². The lowest BCUT2D eigenvalue weighted by Gasteiger charge is -1.98. The van der Waals surface area contributed by atoms with E-state index < -0.39 is 0 Å². The number of halogens is 1. The molecule has 78 valence electrons. The molecule has 1 heterocycles. The Kier molecular flexibility index (Phi) is 2.57. The number of benzene rings is 1. The van der Waals surface area contributed by atoms with E-state index >= 15 is 0 Å². The lowest BCUT2D eigenvalue weighted by atomic mass is 10.2. The average molecular weight is 226 g/mol. The summed E-state index contributed by atoms with van der Waals surface area (Å²) in [4.78, 5) is 4.02. The van der Waals surface area contributed by atoms with E-state index in [4.69, 9.17) is 27.0 Å². The molecule has 2 aromatic rings. The van der Waals surface area contributed by atoms with Gasteiger partial charge < -0.3 is 15.4 Å². The molecule has 5 nitrogen and oxygen atoms in total. The fourth-order valence-corrected chi connectivity index (χ4v) is 1.39. The van der Waals surface area contributed by atoms with E-state index in [0.29, 0.717) is 22.3 Å². The minimum Gasteiger partial charge on any atom is -0.508 e. The molecule has 1 aromatic carbocycles. The van der Waals surface area contributed by atoms with Crippen molar-refractivity contribution in [2.45, 2.75) is 6.54 Å². The number of nitrogens with two attached hydrogens (primary N) is 1. The summed E-state index contributed by atoms with van der Waals surface area (Å²) in [5.74, 6) is 0.792. The second kappa shape index (κ2) is 3.88. The summed E-state index contributed by atoms with van der Waals surface area (Å²) in [5, 5.41) is 13.2. The molecule has 1 aromatic heterocycles. The van der Waals surface area contributed by atoms with Gasteiger partial charge in [-0.05, 0) is 18.2 Å². The first-order valence-corrected chi connectivity index (χ1v) is 4.60. The SMILES string of the molecule is NCc1nc(-c2ccc(O)cc2Cl)no1. The van der Waals surface area contributed by atoms with Crippen molar-refractivity contribution in [3.8, 4) is 17.1 Å². The number of hydrogen-bond acceptors (Lipinski definition) is 5. The molecule has 6 heteroatoms. The molecule has 0 spiro atoms. The van der Waals surface area contributed by atoms with Crippen LogP contribution in [0.15, 0.2) is 22.7 Å². The summed E-state index contributed by atoms with van der Waals surface area (Å²) in [6.45, 7) is 0.183. The highest BCUT2D eigenvalue weighted by atomic mass is 35.5. The lowest BCUT2D eigenvalue weighted by molar-refractivity contribution is 0.380. The van der Waals surface area contributed by atoms with Crippen molar-refractivity contribution in [3.63, 3.8) is 0 Å². The number of aromatic nitrogens is 2. The summed E-state index contributed by atoms with van der Waals surface area (Å²) in [7, 11) is 0. The lowest BCUT2D eigenvalue weighted by Crippen LogP contribution is -1.95. The third-order valence-electron chi connectivity index (χ3n) is 1.84. The van der Waals surface area contributed by atoms with Crippen LogP contribution in [0.5, 0.6) is 5.75 Å². The van der Waals surface area contributed by atoms with Gasteiger partial charge >= 0.3 is 0 Å². The molecule has 0 saturated carbocycles. The van der Waals surface area contributed by atoms with Gasteiger partial charge in [0, 0.05) is 5.56 Å². The van der Waals surface area contributed by atoms with E-state index in [1.807, 2.05) is 0 Å². The topological polar surface area (TPSA) is 85.2 Å². The standard InChI is InChI=1S/C9H8ClN3O2/c10-7-3-5(14)1-2-6(7)9-12-8(4-11)15-13-9/h1-3,14H,4,11H2. The fraction of sp³-hybridized carbons (Fsp3) is 0.111. The maximum absolute atomic E-state index is 9.17. The second-order valence-corrected chi connectivity index (χ2v) is 3.29. The zero-order valence-corrected chi connectivity index (χ0v) is 8.40. The Balaban J connectivity index is 2.44. The van der Waals surface area contributed by atoms with Crippen molar-refractivity contribution >= 4 is 11.6 Å². The van der Waals surface area contributed by atoms with E-state index in [2.05, 4.69) is 10.1 Å². The monoisotopic (exact) mass is 225 g/mol. The van der Waals surface area contributed by atoms with Gasteiger partial charge in [-0.25, -0.2) is 0 Å². The zero-order chi connectivity index (χ0) is 10.8. The second-order valence-electron chi connectivity index (χ2n) is 2.88. The molecule has 0 unspecified atom stereocenters. The highest BCUT2D eigenvalue weighted by Crippen LogP contribution is 2.28. The molecule has 0 amide bonds. The number of phenolic OH excluding ortho intramolecular Hbond substituents is 1. The highest BCUT2D eigenvalue weighted by molar-refractivity contribution is 6.33. The molecule has 15 heavy (non-hydrogen) atoms. The van der Waals surface area contributed by atoms with Gasteiger partial charge in [0.2, 0.25) is 11.7 Å². The Hall–Kier alpha value is -1.59. The quantitative estimate of drug-likeness (QED) is 0.810. The number of hydrogen-bond donors (Lipinski definition) is 2. The van der Waals surface area contributed by atoms with Crippen LogP contribution < -0.4 is 5.73 Å². The van der Waals surface area contributed by atoms with Crippen LogP contribution in [0, 0.1) is 0 Å². The molecule has 0 fully saturated rings. The first kappa shape index (κ1) is 9.95. The third-order valence-corrected chi connectivity index (χ3v) is 2.15. The van der Waals surface area contributed by atoms with Crippen molar-refractivity contribution in [2.24, 2.45) is 5.73 Å². The molecule has 2 rings (SSSR count). The maximum Gasteiger partial charge on any atom is 0.240 e. The number of aromatic hydroxyl groups is 1. The van der Waals surface area contributed by atoms with Crippen molar-refractivity contribution in [2.75, 3.05) is 0 Å². The molecule has 0 aliphatic carbocycles. The van der Waals surface area contributed by atoms with Gasteiger partial charge in [-0.1, -0.05) is 16.8 Å². The summed E-state index contributed by atoms with van der Waals surface area (Å²) in [6, 6.07) is 4.53. The summed E-state index contributed by atoms with van der Waals surface area (Å²) < 4.78 is 4.85. The molecular weight excluding hydrogens is 218 g/mol. The van der Waals surface area contributed by atoms with E-state index in [1.54, 1.807) is 6.07 Å². The molecule has 0 aliphatic rings. The molecule has 0 aliphatic heterocycles. The van der Waals surface area contributed by atoms with Crippen LogP contribution >= 0.6 is 11.6 Å². The molecule has 0 atom stereocenters. The van der Waals surface area contributed by atoms with Gasteiger partial charge in [0.1, 0.15) is 5.75 Å². The van der Waals surface area contributed by atoms with Gasteiger partial charge in [0.15, 0.2) is 0 Å². The summed E-state index contributed by atoms with van der Waals surface area (Å²) in [6.07, 6.45) is 0. The Morgan fingerprint density at radius 2 is 2.27 bits per heavy atom. The van der Waals surface area contributed by atoms with Crippen LogP contribution in [0.3, 0.4) is 0 Å². The van der Waals surface area contributed by atoms with Gasteiger partial charge in [-0.15, -0.1) is 0 Å². The largest absolute Gasteiger partial charge is 0.508 e. The third kappa shape index (κ3) is 1.93. The summed E-state index contributed by atoms with van der Waals surface area (Å²) in [5.41, 5.74) is 5.93. The van der Waals surface area contributed by atoms with Gasteiger partial charge in [-0.2, -0.15) is 4.98 Å². The van der Waals surface area contributed by atoms with Crippen molar-refractivity contribution in [3.05, 3.63) is 29.1 Å². The number of nitrogens with zero attached hydrogens (tertiary/aromatic N) is 2. The van der Waals surface area contributed by atoms with Gasteiger partial charge in [0.05, 0.1) is 11.6 Å². The smallest absolute Gasteiger partial charge is 0.240 e. The Bertz CT molecular complexity index is 484. The molecule has 3 N–H and O–H groups in total. The minimum absolute atomic E-state index is 0.0892. The minimum atomic E-state index is 0.0892. The van der Waals surface area contributed by atoms with Crippen LogP contribution in [0.4, 0.5) is 0 Å². The van der Waals surface area contributed by atoms with E-state index in [0.717, 1.165) is 0 Å². The van der Waals surface area contributed by atoms with Gasteiger partial charge in [0.25, 0.3) is 0 Å². The first-order valence-electron chi connectivity index (χ1n) is 4.22. The highest BCUT2D eigenvalue weighted by Gasteiger charge is 2.11. The molecular formula is C9H8ClN3O2. The molecule has 0 radical (unpaired) electrons. The summed E-state index contributed by atoms with van der Waals surface area (Å²) >= 11 is 5.90. The average Bonchev–Trinajstić information content (AvgIpc) is 2.66. The normalized spacial score (nSPS) is 10.5. The van der Waals surface area contributed by atoms with Crippen LogP contribution in [0.2, 0.25) is 5.02 Å². The number of phenols is 1. The Morgan fingerprint density at radius 3 is 2.87 bits per heavy atom. The van der Waals surface area contributed by atoms with Crippen molar-refractivity contribution in [1.29, 1.82) is 0 Å². The maximum atomic E-state index is 9.17. The number of rotatable bonds is 2.